The molecule has 1 aromatic rings. The first kappa shape index (κ1) is 13.6. The fraction of sp³-hybridized carbons (Fsp3) is 0.462. The molecule has 0 saturated carbocycles. The van der Waals surface area contributed by atoms with Crippen molar-refractivity contribution in [2.75, 3.05) is 13.1 Å². The molecule has 0 aliphatic heterocycles. The monoisotopic (exact) mass is 238 g/mol. The van der Waals surface area contributed by atoms with E-state index in [1.54, 1.807) is 19.1 Å². The summed E-state index contributed by atoms with van der Waals surface area (Å²) in [4.78, 5) is 11.5. The van der Waals surface area contributed by atoms with Gasteiger partial charge in [-0.1, -0.05) is 26.0 Å². The third-order valence-corrected chi connectivity index (χ3v) is 2.82. The first-order valence-electron chi connectivity index (χ1n) is 5.77. The van der Waals surface area contributed by atoms with Gasteiger partial charge in [0.1, 0.15) is 5.82 Å². The molecule has 1 aromatic carbocycles. The molecule has 0 radical (unpaired) electrons. The highest BCUT2D eigenvalue weighted by atomic mass is 19.1. The maximum absolute atomic E-state index is 12.7. The molecule has 3 nitrogen and oxygen atoms in total. The summed E-state index contributed by atoms with van der Waals surface area (Å²) >= 11 is 0. The number of benzene rings is 1. The van der Waals surface area contributed by atoms with Gasteiger partial charge in [0.25, 0.3) is 0 Å². The number of nitrogens with two attached hydrogens (primary N) is 1. The predicted octanol–water partition coefficient (Wildman–Crippen LogP) is 1.64. The zero-order valence-corrected chi connectivity index (χ0v) is 10.2. The van der Waals surface area contributed by atoms with Crippen molar-refractivity contribution < 1.29 is 9.18 Å². The highest BCUT2D eigenvalue weighted by Gasteiger charge is 2.12. The lowest BCUT2D eigenvalue weighted by molar-refractivity contribution is -0.124. The van der Waals surface area contributed by atoms with E-state index >= 15 is 0 Å². The SMILES string of the molecule is CC(CN)C(=O)NCC(C)c1ccc(F)cc1. The molecule has 94 valence electrons. The Bertz CT molecular complexity index is 364. The average Bonchev–Trinajstić information content (AvgIpc) is 2.35. The van der Waals surface area contributed by atoms with Crippen molar-refractivity contribution >= 4 is 5.91 Å². The molecule has 3 N–H and O–H groups in total. The van der Waals surface area contributed by atoms with Crippen molar-refractivity contribution in [1.82, 2.24) is 5.32 Å². The Hall–Kier alpha value is -1.42. The summed E-state index contributed by atoms with van der Waals surface area (Å²) in [5.41, 5.74) is 6.41. The van der Waals surface area contributed by atoms with E-state index in [9.17, 15) is 9.18 Å². The summed E-state index contributed by atoms with van der Waals surface area (Å²) in [6.07, 6.45) is 0. The van der Waals surface area contributed by atoms with Crippen molar-refractivity contribution in [2.24, 2.45) is 11.7 Å². The van der Waals surface area contributed by atoms with Gasteiger partial charge in [-0.3, -0.25) is 4.79 Å². The molecule has 0 aromatic heterocycles. The van der Waals surface area contributed by atoms with Crippen LogP contribution >= 0.6 is 0 Å². The number of hydrogen-bond acceptors (Lipinski definition) is 2. The summed E-state index contributed by atoms with van der Waals surface area (Å²) in [7, 11) is 0. The summed E-state index contributed by atoms with van der Waals surface area (Å²) in [5, 5.41) is 2.83. The summed E-state index contributed by atoms with van der Waals surface area (Å²) in [6, 6.07) is 6.32. The summed E-state index contributed by atoms with van der Waals surface area (Å²) < 4.78 is 12.7. The third kappa shape index (κ3) is 4.15. The second kappa shape index (κ2) is 6.35. The number of rotatable bonds is 5. The zero-order chi connectivity index (χ0) is 12.8. The van der Waals surface area contributed by atoms with Gasteiger partial charge in [-0.2, -0.15) is 0 Å². The third-order valence-electron chi connectivity index (χ3n) is 2.82. The minimum atomic E-state index is -0.248. The van der Waals surface area contributed by atoms with E-state index in [0.29, 0.717) is 13.1 Å². The van der Waals surface area contributed by atoms with Crippen LogP contribution in [-0.4, -0.2) is 19.0 Å². The number of carbonyl (C=O) groups excluding carboxylic acids is 1. The second-order valence-electron chi connectivity index (χ2n) is 4.33. The number of amides is 1. The maximum Gasteiger partial charge on any atom is 0.224 e. The molecular weight excluding hydrogens is 219 g/mol. The quantitative estimate of drug-likeness (QED) is 0.819. The Balaban J connectivity index is 2.47. The van der Waals surface area contributed by atoms with Gasteiger partial charge in [0.15, 0.2) is 0 Å². The van der Waals surface area contributed by atoms with Crippen LogP contribution in [0.5, 0.6) is 0 Å². The van der Waals surface area contributed by atoms with Crippen molar-refractivity contribution in [3.8, 4) is 0 Å². The number of hydrogen-bond donors (Lipinski definition) is 2. The van der Waals surface area contributed by atoms with Crippen LogP contribution < -0.4 is 11.1 Å². The highest BCUT2D eigenvalue weighted by molar-refractivity contribution is 5.78. The molecule has 0 saturated heterocycles. The van der Waals surface area contributed by atoms with Crippen LogP contribution in [0.15, 0.2) is 24.3 Å². The van der Waals surface area contributed by atoms with E-state index in [1.165, 1.54) is 12.1 Å². The van der Waals surface area contributed by atoms with Gasteiger partial charge >= 0.3 is 0 Å². The van der Waals surface area contributed by atoms with Crippen molar-refractivity contribution in [1.29, 1.82) is 0 Å². The first-order valence-corrected chi connectivity index (χ1v) is 5.77. The Morgan fingerprint density at radius 2 is 1.94 bits per heavy atom. The Labute approximate surface area is 101 Å². The van der Waals surface area contributed by atoms with E-state index in [4.69, 9.17) is 5.73 Å². The first-order chi connectivity index (χ1) is 8.04. The van der Waals surface area contributed by atoms with Crippen molar-refractivity contribution in [2.45, 2.75) is 19.8 Å². The molecule has 0 fully saturated rings. The van der Waals surface area contributed by atoms with Gasteiger partial charge < -0.3 is 11.1 Å². The predicted molar refractivity (Wildman–Crippen MR) is 66.0 cm³/mol. The normalized spacial score (nSPS) is 14.1. The van der Waals surface area contributed by atoms with E-state index in [1.807, 2.05) is 6.92 Å². The van der Waals surface area contributed by atoms with Crippen molar-refractivity contribution in [3.05, 3.63) is 35.6 Å². The molecule has 0 heterocycles. The van der Waals surface area contributed by atoms with Gasteiger partial charge in [-0.15, -0.1) is 0 Å². The maximum atomic E-state index is 12.7. The van der Waals surface area contributed by atoms with Crippen LogP contribution in [0, 0.1) is 11.7 Å². The number of carbonyl (C=O) groups is 1. The summed E-state index contributed by atoms with van der Waals surface area (Å²) in [5.74, 6) is -0.303. The molecule has 4 heteroatoms. The van der Waals surface area contributed by atoms with Crippen LogP contribution in [0.4, 0.5) is 4.39 Å². The van der Waals surface area contributed by atoms with Crippen LogP contribution in [-0.2, 0) is 4.79 Å². The standard InChI is InChI=1S/C13H19FN2O/c1-9(7-15)13(17)16-8-10(2)11-3-5-12(14)6-4-11/h3-6,9-10H,7-8,15H2,1-2H3,(H,16,17). The minimum Gasteiger partial charge on any atom is -0.355 e. The lowest BCUT2D eigenvalue weighted by atomic mass is 10.0. The Morgan fingerprint density at radius 1 is 1.35 bits per heavy atom. The molecule has 0 aliphatic carbocycles. The van der Waals surface area contributed by atoms with Crippen molar-refractivity contribution in [3.63, 3.8) is 0 Å². The molecule has 0 aliphatic rings. The molecule has 17 heavy (non-hydrogen) atoms. The van der Waals surface area contributed by atoms with Crippen LogP contribution in [0.25, 0.3) is 0 Å². The van der Waals surface area contributed by atoms with Crippen LogP contribution in [0.3, 0.4) is 0 Å². The van der Waals surface area contributed by atoms with E-state index in [-0.39, 0.29) is 23.6 Å². The molecule has 1 amide bonds. The van der Waals surface area contributed by atoms with Crippen LogP contribution in [0.2, 0.25) is 0 Å². The van der Waals surface area contributed by atoms with E-state index in [0.717, 1.165) is 5.56 Å². The summed E-state index contributed by atoms with van der Waals surface area (Å²) in [6.45, 7) is 4.66. The largest absolute Gasteiger partial charge is 0.355 e. The van der Waals surface area contributed by atoms with E-state index < -0.39 is 0 Å². The molecule has 2 unspecified atom stereocenters. The molecule has 0 spiro atoms. The molecule has 1 rings (SSSR count). The van der Waals surface area contributed by atoms with Gasteiger partial charge in [-0.05, 0) is 23.6 Å². The van der Waals surface area contributed by atoms with Gasteiger partial charge in [-0.25, -0.2) is 4.39 Å². The second-order valence-corrected chi connectivity index (χ2v) is 4.33. The van der Waals surface area contributed by atoms with Gasteiger partial charge in [0, 0.05) is 19.0 Å². The highest BCUT2D eigenvalue weighted by Crippen LogP contribution is 2.14. The van der Waals surface area contributed by atoms with Crippen LogP contribution in [0.1, 0.15) is 25.3 Å². The topological polar surface area (TPSA) is 55.1 Å². The van der Waals surface area contributed by atoms with Gasteiger partial charge in [0.2, 0.25) is 5.91 Å². The molecule has 2 atom stereocenters. The lowest BCUT2D eigenvalue weighted by Gasteiger charge is -2.15. The molecular formula is C13H19FN2O. The average molecular weight is 238 g/mol. The zero-order valence-electron chi connectivity index (χ0n) is 10.2. The number of nitrogens with one attached hydrogen (secondary N) is 1. The van der Waals surface area contributed by atoms with Gasteiger partial charge in [0.05, 0.1) is 0 Å². The molecule has 0 bridgehead atoms. The number of halogens is 1. The fourth-order valence-electron chi connectivity index (χ4n) is 1.44. The Morgan fingerprint density at radius 3 is 2.47 bits per heavy atom. The smallest absolute Gasteiger partial charge is 0.224 e. The lowest BCUT2D eigenvalue weighted by Crippen LogP contribution is -2.35. The van der Waals surface area contributed by atoms with E-state index in [2.05, 4.69) is 5.32 Å². The fourth-order valence-corrected chi connectivity index (χ4v) is 1.44. The minimum absolute atomic E-state index is 0.0403. The Kier molecular flexibility index (Phi) is 5.10.